The van der Waals surface area contributed by atoms with Crippen molar-refractivity contribution in [3.8, 4) is 17.2 Å². The van der Waals surface area contributed by atoms with E-state index in [4.69, 9.17) is 14.2 Å². The van der Waals surface area contributed by atoms with Gasteiger partial charge in [0.2, 0.25) is 0 Å². The lowest BCUT2D eigenvalue weighted by molar-refractivity contribution is 0.0713. The third-order valence-electron chi connectivity index (χ3n) is 5.91. The second-order valence-corrected chi connectivity index (χ2v) is 8.50. The number of nitrogens with zero attached hydrogens (tertiary/aromatic N) is 1. The first-order chi connectivity index (χ1) is 15.0. The average molecular weight is 487 g/mol. The molecule has 0 aliphatic carbocycles. The highest BCUT2D eigenvalue weighted by atomic mass is 79.9. The number of benzene rings is 2. The van der Waals surface area contributed by atoms with Crippen LogP contribution in [-0.4, -0.2) is 49.7 Å². The third-order valence-corrected chi connectivity index (χ3v) is 6.50. The number of carbonyl (C=O) groups excluding carboxylic acids is 1. The Labute approximate surface area is 190 Å². The molecule has 1 amide bonds. The Hall–Kier alpha value is -2.67. The van der Waals surface area contributed by atoms with Crippen LogP contribution in [0.15, 0.2) is 41.0 Å². The number of H-pyrrole nitrogens is 1. The molecule has 1 aliphatic heterocycles. The second kappa shape index (κ2) is 9.22. The third kappa shape index (κ3) is 4.24. The van der Waals surface area contributed by atoms with Crippen LogP contribution in [0.4, 0.5) is 0 Å². The number of fused-ring (bicyclic) bond motifs is 1. The number of nitrogens with one attached hydrogen (secondary N) is 1. The van der Waals surface area contributed by atoms with Gasteiger partial charge in [-0.1, -0.05) is 0 Å². The predicted octanol–water partition coefficient (Wildman–Crippen LogP) is 5.37. The molecule has 7 heteroatoms. The summed E-state index contributed by atoms with van der Waals surface area (Å²) >= 11 is 3.51. The molecule has 1 fully saturated rings. The number of carbonyl (C=O) groups is 1. The molecule has 2 heterocycles. The Morgan fingerprint density at radius 1 is 1.16 bits per heavy atom. The lowest BCUT2D eigenvalue weighted by Crippen LogP contribution is -2.37. The highest BCUT2D eigenvalue weighted by molar-refractivity contribution is 9.10. The topological polar surface area (TPSA) is 63.8 Å². The van der Waals surface area contributed by atoms with Gasteiger partial charge in [0.05, 0.1) is 25.3 Å². The van der Waals surface area contributed by atoms with Crippen molar-refractivity contribution >= 4 is 32.7 Å². The van der Waals surface area contributed by atoms with Crippen LogP contribution in [-0.2, 0) is 0 Å². The minimum atomic E-state index is 0.0149. The van der Waals surface area contributed by atoms with Crippen molar-refractivity contribution in [1.29, 1.82) is 0 Å². The van der Waals surface area contributed by atoms with Crippen molar-refractivity contribution in [3.05, 3.63) is 52.1 Å². The smallest absolute Gasteiger partial charge is 0.254 e. The summed E-state index contributed by atoms with van der Waals surface area (Å²) in [6, 6.07) is 9.67. The van der Waals surface area contributed by atoms with Crippen LogP contribution in [0.25, 0.3) is 10.9 Å². The van der Waals surface area contributed by atoms with Gasteiger partial charge >= 0.3 is 0 Å². The molecular weight excluding hydrogens is 460 g/mol. The zero-order valence-electron chi connectivity index (χ0n) is 18.0. The fraction of sp³-hybridized carbons (Fsp3) is 0.375. The van der Waals surface area contributed by atoms with Gasteiger partial charge in [-0.15, -0.1) is 0 Å². The molecule has 0 spiro atoms. The Kier molecular flexibility index (Phi) is 6.41. The maximum atomic E-state index is 13.2. The van der Waals surface area contributed by atoms with E-state index >= 15 is 0 Å². The van der Waals surface area contributed by atoms with Crippen LogP contribution in [0.1, 0.15) is 41.6 Å². The van der Waals surface area contributed by atoms with Crippen LogP contribution in [0.3, 0.4) is 0 Å². The van der Waals surface area contributed by atoms with Crippen molar-refractivity contribution in [2.75, 3.05) is 33.9 Å². The van der Waals surface area contributed by atoms with E-state index in [-0.39, 0.29) is 5.91 Å². The Morgan fingerprint density at radius 2 is 1.94 bits per heavy atom. The van der Waals surface area contributed by atoms with Gasteiger partial charge in [-0.25, -0.2) is 0 Å². The molecular formula is C24H27BrN2O4. The van der Waals surface area contributed by atoms with Crippen LogP contribution in [0.5, 0.6) is 17.2 Å². The summed E-state index contributed by atoms with van der Waals surface area (Å²) in [5.41, 5.74) is 3.01. The van der Waals surface area contributed by atoms with E-state index in [9.17, 15) is 4.79 Å². The standard InChI is InChI=1S/C24H27BrN2O4/c1-4-31-23-20(25)11-16(12-22(23)30-3)24(28)27-9-7-15(8-10-27)19-14-26-21-6-5-17(29-2)13-18(19)21/h5-6,11-15,26H,4,7-10H2,1-3H3. The van der Waals surface area contributed by atoms with Crippen LogP contribution in [0.2, 0.25) is 0 Å². The van der Waals surface area contributed by atoms with Gasteiger partial charge in [0.25, 0.3) is 5.91 Å². The summed E-state index contributed by atoms with van der Waals surface area (Å²) in [6.45, 7) is 3.87. The summed E-state index contributed by atoms with van der Waals surface area (Å²) < 4.78 is 17.2. The number of hydrogen-bond donors (Lipinski definition) is 1. The summed E-state index contributed by atoms with van der Waals surface area (Å²) in [7, 11) is 3.27. The first-order valence-corrected chi connectivity index (χ1v) is 11.3. The minimum absolute atomic E-state index is 0.0149. The molecule has 1 aliphatic rings. The van der Waals surface area contributed by atoms with Gasteiger partial charge in [0.1, 0.15) is 5.75 Å². The number of hydrogen-bond acceptors (Lipinski definition) is 4. The first kappa shape index (κ1) is 21.6. The number of amides is 1. The number of piperidine rings is 1. The lowest BCUT2D eigenvalue weighted by Gasteiger charge is -2.32. The molecule has 1 aromatic heterocycles. The van der Waals surface area contributed by atoms with Gasteiger partial charge in [0, 0.05) is 35.8 Å². The molecule has 3 aromatic rings. The fourth-order valence-electron chi connectivity index (χ4n) is 4.29. The number of ether oxygens (including phenoxy) is 3. The maximum Gasteiger partial charge on any atom is 0.254 e. The van der Waals surface area contributed by atoms with Gasteiger partial charge in [0.15, 0.2) is 11.5 Å². The molecule has 0 unspecified atom stereocenters. The summed E-state index contributed by atoms with van der Waals surface area (Å²) in [6.07, 6.45) is 3.94. The van der Waals surface area contributed by atoms with E-state index in [1.807, 2.05) is 30.0 Å². The second-order valence-electron chi connectivity index (χ2n) is 7.64. The molecule has 2 aromatic carbocycles. The number of likely N-dealkylation sites (tertiary alicyclic amines) is 1. The Morgan fingerprint density at radius 3 is 2.61 bits per heavy atom. The van der Waals surface area contributed by atoms with E-state index in [1.165, 1.54) is 10.9 Å². The van der Waals surface area contributed by atoms with Gasteiger partial charge in [-0.3, -0.25) is 4.79 Å². The molecule has 164 valence electrons. The summed E-state index contributed by atoms with van der Waals surface area (Å²) in [4.78, 5) is 18.5. The quantitative estimate of drug-likeness (QED) is 0.508. The van der Waals surface area contributed by atoms with E-state index in [0.717, 1.165) is 28.6 Å². The minimum Gasteiger partial charge on any atom is -0.497 e. The largest absolute Gasteiger partial charge is 0.497 e. The van der Waals surface area contributed by atoms with Crippen LogP contribution >= 0.6 is 15.9 Å². The SMILES string of the molecule is CCOc1c(Br)cc(C(=O)N2CCC(c3c[nH]c4ccc(OC)cc34)CC2)cc1OC. The molecule has 4 rings (SSSR count). The number of rotatable bonds is 6. The lowest BCUT2D eigenvalue weighted by atomic mass is 9.89. The van der Waals surface area contributed by atoms with Gasteiger partial charge in [-0.2, -0.15) is 0 Å². The van der Waals surface area contributed by atoms with Crippen molar-refractivity contribution < 1.29 is 19.0 Å². The normalized spacial score (nSPS) is 14.6. The number of halogens is 1. The highest BCUT2D eigenvalue weighted by Gasteiger charge is 2.27. The van der Waals surface area contributed by atoms with E-state index in [2.05, 4.69) is 33.2 Å². The Balaban J connectivity index is 1.49. The molecule has 0 radical (unpaired) electrons. The number of methoxy groups -OCH3 is 2. The van der Waals surface area contributed by atoms with E-state index in [1.54, 1.807) is 20.3 Å². The predicted molar refractivity (Wildman–Crippen MR) is 125 cm³/mol. The molecule has 1 N–H and O–H groups in total. The number of aromatic nitrogens is 1. The molecule has 0 bridgehead atoms. The van der Waals surface area contributed by atoms with Crippen LogP contribution < -0.4 is 14.2 Å². The number of aromatic amines is 1. The molecule has 31 heavy (non-hydrogen) atoms. The molecule has 0 atom stereocenters. The van der Waals surface area contributed by atoms with Crippen LogP contribution in [0, 0.1) is 0 Å². The highest BCUT2D eigenvalue weighted by Crippen LogP contribution is 2.38. The summed E-state index contributed by atoms with van der Waals surface area (Å²) in [5, 5.41) is 1.20. The van der Waals surface area contributed by atoms with E-state index in [0.29, 0.717) is 42.7 Å². The average Bonchev–Trinajstić information content (AvgIpc) is 3.23. The molecule has 6 nitrogen and oxygen atoms in total. The molecule has 0 saturated carbocycles. The monoisotopic (exact) mass is 486 g/mol. The van der Waals surface area contributed by atoms with Gasteiger partial charge < -0.3 is 24.1 Å². The van der Waals surface area contributed by atoms with Gasteiger partial charge in [-0.05, 0) is 77.5 Å². The zero-order valence-corrected chi connectivity index (χ0v) is 19.6. The zero-order chi connectivity index (χ0) is 22.0. The Bertz CT molecular complexity index is 1090. The van der Waals surface area contributed by atoms with Crippen molar-refractivity contribution in [2.24, 2.45) is 0 Å². The maximum absolute atomic E-state index is 13.2. The molecule has 1 saturated heterocycles. The van der Waals surface area contributed by atoms with Crippen molar-refractivity contribution in [3.63, 3.8) is 0 Å². The first-order valence-electron chi connectivity index (χ1n) is 10.5. The van der Waals surface area contributed by atoms with Crippen molar-refractivity contribution in [2.45, 2.75) is 25.7 Å². The van der Waals surface area contributed by atoms with Crippen molar-refractivity contribution in [1.82, 2.24) is 9.88 Å². The fourth-order valence-corrected chi connectivity index (χ4v) is 4.85. The van der Waals surface area contributed by atoms with E-state index < -0.39 is 0 Å². The summed E-state index contributed by atoms with van der Waals surface area (Å²) in [5.74, 6) is 2.46.